The molecule has 0 saturated carbocycles. The van der Waals surface area contributed by atoms with Gasteiger partial charge in [-0.15, -0.1) is 29.1 Å². The van der Waals surface area contributed by atoms with Crippen molar-refractivity contribution in [3.63, 3.8) is 0 Å². The minimum absolute atomic E-state index is 0. The molecule has 0 aliphatic carbocycles. The second-order valence-corrected chi connectivity index (χ2v) is 8.25. The maximum absolute atomic E-state index is 14.1. The molecule has 2 saturated heterocycles. The highest BCUT2D eigenvalue weighted by molar-refractivity contribution is 14.0. The molecule has 1 aromatic carbocycles. The number of hydrogen-bond donors (Lipinski definition) is 0. The number of nitrogens with zero attached hydrogens (tertiary/aromatic N) is 6. The summed E-state index contributed by atoms with van der Waals surface area (Å²) in [6, 6.07) is 6.62. The summed E-state index contributed by atoms with van der Waals surface area (Å²) in [6.45, 7) is 4.29. The Hall–Kier alpha value is -1.85. The third kappa shape index (κ3) is 4.02. The summed E-state index contributed by atoms with van der Waals surface area (Å²) in [5.41, 5.74) is 2.78. The van der Waals surface area contributed by atoms with E-state index in [9.17, 15) is 4.39 Å². The summed E-state index contributed by atoms with van der Waals surface area (Å²) >= 11 is 0. The molecule has 2 aliphatic heterocycles. The van der Waals surface area contributed by atoms with E-state index in [0.29, 0.717) is 18.2 Å². The van der Waals surface area contributed by atoms with Crippen molar-refractivity contribution >= 4 is 24.0 Å². The number of ether oxygens (including phenoxy) is 1. The lowest BCUT2D eigenvalue weighted by Crippen LogP contribution is -2.36. The van der Waals surface area contributed by atoms with E-state index in [1.54, 1.807) is 18.2 Å². The third-order valence-corrected chi connectivity index (χ3v) is 6.36. The average Bonchev–Trinajstić information content (AvgIpc) is 3.43. The van der Waals surface area contributed by atoms with Gasteiger partial charge in [0.1, 0.15) is 11.5 Å². The van der Waals surface area contributed by atoms with Crippen LogP contribution < -0.4 is 0 Å². The normalized spacial score (nSPS) is 21.1. The summed E-state index contributed by atoms with van der Waals surface area (Å²) in [5.74, 6) is 0.129. The Bertz CT molecular complexity index is 999. The first-order valence-electron chi connectivity index (χ1n) is 10.1. The van der Waals surface area contributed by atoms with E-state index < -0.39 is 0 Å². The molecule has 1 spiro atoms. The molecule has 2 aromatic heterocycles. The quantitative estimate of drug-likeness (QED) is 0.491. The van der Waals surface area contributed by atoms with Gasteiger partial charge < -0.3 is 4.74 Å². The topological polar surface area (TPSA) is 61.0 Å². The number of aryl methyl sites for hydroxylation is 1. The van der Waals surface area contributed by atoms with Crippen molar-refractivity contribution in [3.8, 4) is 5.69 Å². The molecule has 0 bridgehead atoms. The van der Waals surface area contributed by atoms with Gasteiger partial charge in [-0.2, -0.15) is 5.10 Å². The molecule has 7 nitrogen and oxygen atoms in total. The molecular formula is C21H26FIN6O. The number of likely N-dealkylation sites (tertiary alicyclic amines) is 1. The zero-order valence-corrected chi connectivity index (χ0v) is 19.3. The van der Waals surface area contributed by atoms with Crippen LogP contribution in [0.25, 0.3) is 5.69 Å². The van der Waals surface area contributed by atoms with E-state index in [2.05, 4.69) is 26.5 Å². The van der Waals surface area contributed by atoms with Gasteiger partial charge in [0.25, 0.3) is 0 Å². The molecule has 4 heterocycles. The van der Waals surface area contributed by atoms with E-state index in [4.69, 9.17) is 4.74 Å². The highest BCUT2D eigenvalue weighted by Crippen LogP contribution is 2.49. The van der Waals surface area contributed by atoms with E-state index in [0.717, 1.165) is 44.8 Å². The van der Waals surface area contributed by atoms with Gasteiger partial charge in [-0.1, -0.05) is 17.3 Å². The lowest BCUT2D eigenvalue weighted by atomic mass is 9.70. The molecule has 3 aromatic rings. The Kier molecular flexibility index (Phi) is 6.21. The summed E-state index contributed by atoms with van der Waals surface area (Å²) in [5, 5.41) is 12.8. The van der Waals surface area contributed by atoms with Crippen molar-refractivity contribution in [1.29, 1.82) is 0 Å². The van der Waals surface area contributed by atoms with Crippen LogP contribution in [0.4, 0.5) is 4.39 Å². The standard InChI is InChI=1S/C21H25FN6O.HI/c1-26-11-16(10-23-26)18-14-27(15-21(18)6-8-29-9-7-21)12-17-13-28(25-24-17)20-5-3-2-4-19(20)22;/h2-5,10-11,13,18H,6-9,12,14-15H2,1H3;1H. The van der Waals surface area contributed by atoms with Gasteiger partial charge in [-0.25, -0.2) is 9.07 Å². The van der Waals surface area contributed by atoms with E-state index in [-0.39, 0.29) is 35.2 Å². The van der Waals surface area contributed by atoms with E-state index in [1.165, 1.54) is 16.3 Å². The van der Waals surface area contributed by atoms with Crippen LogP contribution in [0.1, 0.15) is 30.0 Å². The molecule has 160 valence electrons. The highest BCUT2D eigenvalue weighted by Gasteiger charge is 2.48. The van der Waals surface area contributed by atoms with Crippen LogP contribution in [0, 0.1) is 11.2 Å². The van der Waals surface area contributed by atoms with Crippen LogP contribution in [0.3, 0.4) is 0 Å². The summed E-state index contributed by atoms with van der Waals surface area (Å²) in [4.78, 5) is 2.44. The van der Waals surface area contributed by atoms with E-state index >= 15 is 0 Å². The van der Waals surface area contributed by atoms with Crippen molar-refractivity contribution in [3.05, 3.63) is 59.9 Å². The zero-order chi connectivity index (χ0) is 19.8. The number of hydrogen-bond acceptors (Lipinski definition) is 5. The van der Waals surface area contributed by atoms with Gasteiger partial charge in [-0.3, -0.25) is 9.58 Å². The number of para-hydroxylation sites is 1. The highest BCUT2D eigenvalue weighted by atomic mass is 127. The Morgan fingerprint density at radius 1 is 1.20 bits per heavy atom. The fourth-order valence-corrected chi connectivity index (χ4v) is 4.91. The smallest absolute Gasteiger partial charge is 0.148 e. The third-order valence-electron chi connectivity index (χ3n) is 6.36. The Morgan fingerprint density at radius 2 is 2.00 bits per heavy atom. The molecule has 0 radical (unpaired) electrons. The van der Waals surface area contributed by atoms with Crippen molar-refractivity contribution in [2.75, 3.05) is 26.3 Å². The van der Waals surface area contributed by atoms with Crippen molar-refractivity contribution in [2.45, 2.75) is 25.3 Å². The molecule has 2 fully saturated rings. The second-order valence-electron chi connectivity index (χ2n) is 8.25. The Labute approximate surface area is 192 Å². The number of aromatic nitrogens is 5. The fraction of sp³-hybridized carbons (Fsp3) is 0.476. The maximum Gasteiger partial charge on any atom is 0.148 e. The lowest BCUT2D eigenvalue weighted by molar-refractivity contribution is 0.0118. The molecule has 1 atom stereocenters. The van der Waals surface area contributed by atoms with E-state index in [1.807, 2.05) is 24.1 Å². The molecule has 30 heavy (non-hydrogen) atoms. The monoisotopic (exact) mass is 524 g/mol. The molecule has 9 heteroatoms. The molecule has 1 unspecified atom stereocenters. The minimum Gasteiger partial charge on any atom is -0.381 e. The predicted octanol–water partition coefficient (Wildman–Crippen LogP) is 3.15. The van der Waals surface area contributed by atoms with Crippen LogP contribution in [0.15, 0.2) is 42.9 Å². The number of benzene rings is 1. The zero-order valence-electron chi connectivity index (χ0n) is 16.9. The Balaban J connectivity index is 0.00000218. The summed E-state index contributed by atoms with van der Waals surface area (Å²) in [6.07, 6.45) is 8.09. The second kappa shape index (κ2) is 8.72. The SMILES string of the molecule is Cn1cc(C2CN(Cc3cn(-c4ccccc4F)nn3)CC23CCOCC3)cn1.I. The molecule has 2 aliphatic rings. The van der Waals surface area contributed by atoms with Crippen molar-refractivity contribution in [2.24, 2.45) is 12.5 Å². The molecule has 5 rings (SSSR count). The largest absolute Gasteiger partial charge is 0.381 e. The van der Waals surface area contributed by atoms with Gasteiger partial charge in [0.15, 0.2) is 0 Å². The van der Waals surface area contributed by atoms with Crippen molar-refractivity contribution in [1.82, 2.24) is 29.7 Å². The van der Waals surface area contributed by atoms with Gasteiger partial charge in [0, 0.05) is 52.0 Å². The number of halogens is 2. The predicted molar refractivity (Wildman–Crippen MR) is 120 cm³/mol. The fourth-order valence-electron chi connectivity index (χ4n) is 4.91. The van der Waals surface area contributed by atoms with Gasteiger partial charge in [-0.05, 0) is 36.0 Å². The number of rotatable bonds is 4. The first kappa shape index (κ1) is 21.4. The lowest BCUT2D eigenvalue weighted by Gasteiger charge is -2.38. The van der Waals surface area contributed by atoms with Gasteiger partial charge in [0.2, 0.25) is 0 Å². The molecule has 0 amide bonds. The van der Waals surface area contributed by atoms with Crippen LogP contribution >= 0.6 is 24.0 Å². The van der Waals surface area contributed by atoms with Crippen LogP contribution in [0.5, 0.6) is 0 Å². The molecular weight excluding hydrogens is 498 g/mol. The van der Waals surface area contributed by atoms with Crippen LogP contribution in [-0.4, -0.2) is 56.0 Å². The molecule has 0 N–H and O–H groups in total. The van der Waals surface area contributed by atoms with Gasteiger partial charge in [0.05, 0.1) is 18.1 Å². The van der Waals surface area contributed by atoms with Crippen molar-refractivity contribution < 1.29 is 9.13 Å². The maximum atomic E-state index is 14.1. The minimum atomic E-state index is -0.303. The van der Waals surface area contributed by atoms with Crippen LogP contribution in [0.2, 0.25) is 0 Å². The average molecular weight is 524 g/mol. The van der Waals surface area contributed by atoms with Crippen LogP contribution in [-0.2, 0) is 18.3 Å². The first-order valence-corrected chi connectivity index (χ1v) is 10.1. The first-order chi connectivity index (χ1) is 14.1. The summed E-state index contributed by atoms with van der Waals surface area (Å²) in [7, 11) is 1.97. The Morgan fingerprint density at radius 3 is 2.73 bits per heavy atom. The summed E-state index contributed by atoms with van der Waals surface area (Å²) < 4.78 is 23.1. The van der Waals surface area contributed by atoms with Gasteiger partial charge >= 0.3 is 0 Å².